The number of fused-ring (bicyclic) bond motifs is 2. The molecular weight excluding hydrogens is 368 g/mol. The highest BCUT2D eigenvalue weighted by atomic mass is 16.5. The molecule has 0 aliphatic carbocycles. The van der Waals surface area contributed by atoms with Gasteiger partial charge in [-0.15, -0.1) is 0 Å². The summed E-state index contributed by atoms with van der Waals surface area (Å²) in [5, 5.41) is 3.53. The number of carbonyl (C=O) groups is 1. The number of rotatable bonds is 6. The first-order chi connectivity index (χ1) is 14.2. The second-order valence-corrected chi connectivity index (χ2v) is 7.99. The summed E-state index contributed by atoms with van der Waals surface area (Å²) in [5.74, 6) is 1.27. The van der Waals surface area contributed by atoms with E-state index in [0.717, 1.165) is 57.6 Å². The number of benzene rings is 1. The maximum Gasteiger partial charge on any atom is 0.261 e. The van der Waals surface area contributed by atoms with E-state index in [1.807, 2.05) is 6.07 Å². The van der Waals surface area contributed by atoms with E-state index in [0.29, 0.717) is 29.2 Å². The molecule has 1 atom stereocenters. The molecule has 7 nitrogen and oxygen atoms in total. The van der Waals surface area contributed by atoms with Crippen molar-refractivity contribution >= 4 is 16.8 Å². The Balaban J connectivity index is 1.40. The van der Waals surface area contributed by atoms with E-state index >= 15 is 0 Å². The summed E-state index contributed by atoms with van der Waals surface area (Å²) < 4.78 is 7.46. The molecule has 1 amide bonds. The number of hydrogen-bond acceptors (Lipinski definition) is 5. The molecule has 156 valence electrons. The zero-order chi connectivity index (χ0) is 20.2. The van der Waals surface area contributed by atoms with Gasteiger partial charge in [0.05, 0.1) is 10.9 Å². The summed E-state index contributed by atoms with van der Waals surface area (Å²) in [6.07, 6.45) is 6.37. The zero-order valence-corrected chi connectivity index (χ0v) is 17.2. The van der Waals surface area contributed by atoms with Gasteiger partial charge in [0.15, 0.2) is 6.61 Å². The number of hydrogen-bond donors (Lipinski definition) is 1. The third kappa shape index (κ3) is 4.45. The van der Waals surface area contributed by atoms with Crippen molar-refractivity contribution in [3.8, 4) is 5.75 Å². The van der Waals surface area contributed by atoms with Crippen LogP contribution in [0.15, 0.2) is 23.0 Å². The van der Waals surface area contributed by atoms with E-state index < -0.39 is 0 Å². The molecule has 1 aromatic carbocycles. The fourth-order valence-corrected chi connectivity index (χ4v) is 4.46. The third-order valence-electron chi connectivity index (χ3n) is 6.10. The van der Waals surface area contributed by atoms with Gasteiger partial charge in [0.2, 0.25) is 0 Å². The monoisotopic (exact) mass is 398 g/mol. The van der Waals surface area contributed by atoms with E-state index in [1.54, 1.807) is 16.7 Å². The van der Waals surface area contributed by atoms with Crippen LogP contribution in [0.2, 0.25) is 0 Å². The van der Waals surface area contributed by atoms with Gasteiger partial charge in [0.1, 0.15) is 11.6 Å². The maximum atomic E-state index is 12.9. The van der Waals surface area contributed by atoms with Crippen LogP contribution in [0.4, 0.5) is 0 Å². The average molecular weight is 399 g/mol. The molecule has 0 bridgehead atoms. The molecule has 2 aliphatic heterocycles. The summed E-state index contributed by atoms with van der Waals surface area (Å²) >= 11 is 0. The molecule has 1 aromatic heterocycles. The number of likely N-dealkylation sites (tertiary alicyclic amines) is 1. The van der Waals surface area contributed by atoms with Crippen LogP contribution in [0, 0.1) is 0 Å². The number of aryl methyl sites for hydroxylation is 1. The minimum Gasteiger partial charge on any atom is -0.484 e. The van der Waals surface area contributed by atoms with Crippen LogP contribution in [-0.2, 0) is 17.8 Å². The minimum atomic E-state index is -0.134. The van der Waals surface area contributed by atoms with E-state index in [9.17, 15) is 9.59 Å². The van der Waals surface area contributed by atoms with Crippen molar-refractivity contribution in [2.45, 2.75) is 58.0 Å². The second kappa shape index (κ2) is 8.95. The second-order valence-electron chi connectivity index (χ2n) is 7.99. The van der Waals surface area contributed by atoms with Gasteiger partial charge in [-0.2, -0.15) is 0 Å². The van der Waals surface area contributed by atoms with Crippen molar-refractivity contribution in [2.24, 2.45) is 0 Å². The van der Waals surface area contributed by atoms with Crippen LogP contribution in [0.5, 0.6) is 5.75 Å². The third-order valence-corrected chi connectivity index (χ3v) is 6.10. The van der Waals surface area contributed by atoms with E-state index in [-0.39, 0.29) is 18.1 Å². The smallest absolute Gasteiger partial charge is 0.261 e. The van der Waals surface area contributed by atoms with Gasteiger partial charge < -0.3 is 10.1 Å². The van der Waals surface area contributed by atoms with Crippen LogP contribution in [0.3, 0.4) is 0 Å². The van der Waals surface area contributed by atoms with Crippen LogP contribution in [0.1, 0.15) is 44.9 Å². The zero-order valence-electron chi connectivity index (χ0n) is 17.2. The molecule has 0 radical (unpaired) electrons. The number of aromatic nitrogens is 2. The number of amides is 1. The Labute approximate surface area is 171 Å². The van der Waals surface area contributed by atoms with Crippen LogP contribution >= 0.6 is 0 Å². The molecule has 1 N–H and O–H groups in total. The predicted octanol–water partition coefficient (Wildman–Crippen LogP) is 2.10. The first kappa shape index (κ1) is 19.9. The summed E-state index contributed by atoms with van der Waals surface area (Å²) in [5.41, 5.74) is 0.684. The highest BCUT2D eigenvalue weighted by molar-refractivity contribution is 5.80. The highest BCUT2D eigenvalue weighted by Crippen LogP contribution is 2.20. The Morgan fingerprint density at radius 3 is 3.00 bits per heavy atom. The van der Waals surface area contributed by atoms with Crippen molar-refractivity contribution < 1.29 is 9.53 Å². The van der Waals surface area contributed by atoms with Gasteiger partial charge in [0.25, 0.3) is 11.5 Å². The molecule has 29 heavy (non-hydrogen) atoms. The first-order valence-corrected chi connectivity index (χ1v) is 10.8. The molecule has 0 saturated carbocycles. The molecule has 0 unspecified atom stereocenters. The van der Waals surface area contributed by atoms with Crippen molar-refractivity contribution in [1.29, 1.82) is 0 Å². The molecule has 4 rings (SSSR count). The lowest BCUT2D eigenvalue weighted by atomic mass is 10.2. The number of carbonyl (C=O) groups excluding carboxylic acids is 1. The standard InChI is InChI=1S/C22H30N4O3/c1-2-25-11-6-7-16(25)14-23-21(27)15-29-17-9-10-19-18(13-17)22(28)26-12-5-3-4-8-20(26)24-19/h9-10,13,16H,2-8,11-12,14-15H2,1H3,(H,23,27)/t16-/m0/s1. The van der Waals surface area contributed by atoms with Crippen molar-refractivity contribution in [3.05, 3.63) is 34.4 Å². The largest absolute Gasteiger partial charge is 0.484 e. The predicted molar refractivity (Wildman–Crippen MR) is 112 cm³/mol. The highest BCUT2D eigenvalue weighted by Gasteiger charge is 2.23. The van der Waals surface area contributed by atoms with E-state index in [1.165, 1.54) is 6.42 Å². The van der Waals surface area contributed by atoms with E-state index in [2.05, 4.69) is 22.1 Å². The molecule has 1 fully saturated rings. The Bertz CT molecular complexity index is 940. The average Bonchev–Trinajstić information content (AvgIpc) is 3.07. The van der Waals surface area contributed by atoms with Crippen LogP contribution in [-0.4, -0.2) is 52.6 Å². The van der Waals surface area contributed by atoms with Crippen molar-refractivity contribution in [1.82, 2.24) is 19.8 Å². The van der Waals surface area contributed by atoms with Gasteiger partial charge in [-0.3, -0.25) is 19.1 Å². The Kier molecular flexibility index (Phi) is 6.13. The number of likely N-dealkylation sites (N-methyl/N-ethyl adjacent to an activating group) is 1. The molecule has 2 aliphatic rings. The summed E-state index contributed by atoms with van der Waals surface area (Å²) in [6.45, 7) is 5.61. The maximum absolute atomic E-state index is 12.9. The quantitative estimate of drug-likeness (QED) is 0.806. The molecule has 2 aromatic rings. The lowest BCUT2D eigenvalue weighted by molar-refractivity contribution is -0.123. The SMILES string of the molecule is CCN1CCC[C@H]1CNC(=O)COc1ccc2nc3n(c(=O)c2c1)CCCCC3. The van der Waals surface area contributed by atoms with Crippen LogP contribution < -0.4 is 15.6 Å². The Morgan fingerprint density at radius 2 is 2.14 bits per heavy atom. The fraction of sp³-hybridized carbons (Fsp3) is 0.591. The number of ether oxygens (including phenoxy) is 1. The topological polar surface area (TPSA) is 76.5 Å². The summed E-state index contributed by atoms with van der Waals surface area (Å²) in [4.78, 5) is 32.2. The number of nitrogens with one attached hydrogen (secondary N) is 1. The number of nitrogens with zero attached hydrogens (tertiary/aromatic N) is 3. The van der Waals surface area contributed by atoms with Gasteiger partial charge in [-0.1, -0.05) is 13.3 Å². The Hall–Kier alpha value is -2.41. The Morgan fingerprint density at radius 1 is 1.24 bits per heavy atom. The first-order valence-electron chi connectivity index (χ1n) is 10.8. The van der Waals surface area contributed by atoms with Gasteiger partial charge in [0, 0.05) is 25.6 Å². The minimum absolute atomic E-state index is 0.0114. The van der Waals surface area contributed by atoms with Crippen molar-refractivity contribution in [2.75, 3.05) is 26.2 Å². The summed E-state index contributed by atoms with van der Waals surface area (Å²) in [6, 6.07) is 5.73. The lowest BCUT2D eigenvalue weighted by Crippen LogP contribution is -2.41. The molecular formula is C22H30N4O3. The van der Waals surface area contributed by atoms with Gasteiger partial charge in [-0.25, -0.2) is 4.98 Å². The fourth-order valence-electron chi connectivity index (χ4n) is 4.46. The van der Waals surface area contributed by atoms with Crippen LogP contribution in [0.25, 0.3) is 10.9 Å². The van der Waals surface area contributed by atoms with E-state index in [4.69, 9.17) is 4.74 Å². The summed E-state index contributed by atoms with van der Waals surface area (Å²) in [7, 11) is 0. The lowest BCUT2D eigenvalue weighted by Gasteiger charge is -2.22. The molecule has 0 spiro atoms. The van der Waals surface area contributed by atoms with Gasteiger partial charge >= 0.3 is 0 Å². The molecule has 3 heterocycles. The molecule has 7 heteroatoms. The molecule has 1 saturated heterocycles. The van der Waals surface area contributed by atoms with Gasteiger partial charge in [-0.05, 0) is 57.0 Å². The van der Waals surface area contributed by atoms with Crippen molar-refractivity contribution in [3.63, 3.8) is 0 Å². The normalized spacial score (nSPS) is 19.7.